The Bertz CT molecular complexity index is 324. The first kappa shape index (κ1) is 15.8. The van der Waals surface area contributed by atoms with Gasteiger partial charge in [0.1, 0.15) is 0 Å². The number of nitrogens with zero attached hydrogens (tertiary/aromatic N) is 1. The molecule has 1 heterocycles. The SMILES string of the molecule is CCNCCCNS(=O)(=O)N1CC(C)OC(C)C1. The topological polar surface area (TPSA) is 70.7 Å². The highest BCUT2D eigenvalue weighted by atomic mass is 32.2. The van der Waals surface area contributed by atoms with Crippen LogP contribution in [0.15, 0.2) is 0 Å². The van der Waals surface area contributed by atoms with Crippen molar-refractivity contribution in [2.75, 3.05) is 32.7 Å². The second-order valence-corrected chi connectivity index (χ2v) is 6.44. The van der Waals surface area contributed by atoms with Crippen LogP contribution in [0, 0.1) is 0 Å². The highest BCUT2D eigenvalue weighted by molar-refractivity contribution is 7.87. The molecule has 1 aliphatic heterocycles. The lowest BCUT2D eigenvalue weighted by Crippen LogP contribution is -2.52. The number of nitrogens with one attached hydrogen (secondary N) is 2. The van der Waals surface area contributed by atoms with Gasteiger partial charge in [-0.25, -0.2) is 4.72 Å². The van der Waals surface area contributed by atoms with Crippen LogP contribution in [0.1, 0.15) is 27.2 Å². The van der Waals surface area contributed by atoms with E-state index >= 15 is 0 Å². The van der Waals surface area contributed by atoms with Crippen LogP contribution in [0.3, 0.4) is 0 Å². The Morgan fingerprint density at radius 3 is 2.39 bits per heavy atom. The maximum Gasteiger partial charge on any atom is 0.279 e. The van der Waals surface area contributed by atoms with E-state index in [9.17, 15) is 8.42 Å². The molecule has 7 heteroatoms. The van der Waals surface area contributed by atoms with Gasteiger partial charge >= 0.3 is 0 Å². The van der Waals surface area contributed by atoms with E-state index in [-0.39, 0.29) is 12.2 Å². The molecule has 2 unspecified atom stereocenters. The number of hydrogen-bond acceptors (Lipinski definition) is 4. The third kappa shape index (κ3) is 5.19. The molecule has 0 aliphatic carbocycles. The number of hydrogen-bond donors (Lipinski definition) is 2. The Labute approximate surface area is 110 Å². The van der Waals surface area contributed by atoms with E-state index in [0.29, 0.717) is 19.6 Å². The summed E-state index contributed by atoms with van der Waals surface area (Å²) in [4.78, 5) is 0. The van der Waals surface area contributed by atoms with Crippen molar-refractivity contribution in [3.8, 4) is 0 Å². The Morgan fingerprint density at radius 2 is 1.83 bits per heavy atom. The van der Waals surface area contributed by atoms with Crippen molar-refractivity contribution in [3.05, 3.63) is 0 Å². The van der Waals surface area contributed by atoms with Crippen molar-refractivity contribution in [1.82, 2.24) is 14.3 Å². The second-order valence-electron chi connectivity index (χ2n) is 4.68. The predicted octanol–water partition coefficient (Wildman–Crippen LogP) is -0.0704. The van der Waals surface area contributed by atoms with Crippen LogP contribution < -0.4 is 10.0 Å². The lowest BCUT2D eigenvalue weighted by Gasteiger charge is -2.34. The van der Waals surface area contributed by atoms with Crippen LogP contribution in [0.5, 0.6) is 0 Å². The Balaban J connectivity index is 2.38. The molecule has 108 valence electrons. The van der Waals surface area contributed by atoms with Crippen LogP contribution in [-0.4, -0.2) is 57.7 Å². The number of rotatable bonds is 7. The molecule has 0 aromatic carbocycles. The number of ether oxygens (including phenoxy) is 1. The zero-order chi connectivity index (χ0) is 13.6. The molecule has 0 amide bonds. The van der Waals surface area contributed by atoms with E-state index in [1.807, 2.05) is 20.8 Å². The standard InChI is InChI=1S/C11H25N3O3S/c1-4-12-6-5-7-13-18(15,16)14-8-10(2)17-11(3)9-14/h10-13H,4-9H2,1-3H3. The molecule has 0 spiro atoms. The van der Waals surface area contributed by atoms with Crippen molar-refractivity contribution in [2.45, 2.75) is 39.4 Å². The maximum atomic E-state index is 12.0. The molecular weight excluding hydrogens is 254 g/mol. The molecule has 6 nitrogen and oxygen atoms in total. The normalized spacial score (nSPS) is 26.4. The van der Waals surface area contributed by atoms with E-state index < -0.39 is 10.2 Å². The third-order valence-electron chi connectivity index (χ3n) is 2.79. The summed E-state index contributed by atoms with van der Waals surface area (Å²) < 4.78 is 33.7. The molecular formula is C11H25N3O3S. The van der Waals surface area contributed by atoms with E-state index in [0.717, 1.165) is 19.5 Å². The first-order chi connectivity index (χ1) is 8.45. The largest absolute Gasteiger partial charge is 0.373 e. The summed E-state index contributed by atoms with van der Waals surface area (Å²) in [6.45, 7) is 8.86. The molecule has 0 radical (unpaired) electrons. The minimum atomic E-state index is -3.36. The molecule has 0 aromatic heterocycles. The monoisotopic (exact) mass is 279 g/mol. The predicted molar refractivity (Wildman–Crippen MR) is 71.7 cm³/mol. The van der Waals surface area contributed by atoms with E-state index in [4.69, 9.17) is 4.74 Å². The maximum absolute atomic E-state index is 12.0. The molecule has 1 aliphatic rings. The zero-order valence-electron chi connectivity index (χ0n) is 11.5. The lowest BCUT2D eigenvalue weighted by molar-refractivity contribution is -0.0443. The average Bonchev–Trinajstić information content (AvgIpc) is 2.27. The summed E-state index contributed by atoms with van der Waals surface area (Å²) >= 11 is 0. The Morgan fingerprint density at radius 1 is 1.22 bits per heavy atom. The molecule has 1 rings (SSSR count). The average molecular weight is 279 g/mol. The van der Waals surface area contributed by atoms with Crippen LogP contribution in [0.2, 0.25) is 0 Å². The molecule has 2 N–H and O–H groups in total. The molecule has 0 bridgehead atoms. The Kier molecular flexibility index (Phi) is 6.51. The van der Waals surface area contributed by atoms with Crippen molar-refractivity contribution >= 4 is 10.2 Å². The van der Waals surface area contributed by atoms with Crippen molar-refractivity contribution in [1.29, 1.82) is 0 Å². The van der Waals surface area contributed by atoms with Gasteiger partial charge in [0, 0.05) is 19.6 Å². The number of morpholine rings is 1. The summed E-state index contributed by atoms with van der Waals surface area (Å²) in [6.07, 6.45) is 0.696. The van der Waals surface area contributed by atoms with Crippen LogP contribution >= 0.6 is 0 Å². The van der Waals surface area contributed by atoms with Gasteiger partial charge < -0.3 is 10.1 Å². The molecule has 0 aromatic rings. The van der Waals surface area contributed by atoms with Gasteiger partial charge in [0.05, 0.1) is 12.2 Å². The van der Waals surface area contributed by atoms with Crippen molar-refractivity contribution in [3.63, 3.8) is 0 Å². The van der Waals surface area contributed by atoms with Crippen molar-refractivity contribution < 1.29 is 13.2 Å². The smallest absolute Gasteiger partial charge is 0.279 e. The lowest BCUT2D eigenvalue weighted by atomic mass is 10.3. The molecule has 18 heavy (non-hydrogen) atoms. The second kappa shape index (κ2) is 7.40. The fourth-order valence-corrected chi connectivity index (χ4v) is 3.41. The van der Waals surface area contributed by atoms with Gasteiger partial charge in [-0.05, 0) is 33.4 Å². The van der Waals surface area contributed by atoms with Crippen molar-refractivity contribution in [2.24, 2.45) is 0 Å². The fraction of sp³-hybridized carbons (Fsp3) is 1.00. The summed E-state index contributed by atoms with van der Waals surface area (Å²) in [6, 6.07) is 0. The van der Waals surface area contributed by atoms with Crippen LogP contribution in [0.25, 0.3) is 0 Å². The van der Waals surface area contributed by atoms with Gasteiger partial charge in [-0.3, -0.25) is 0 Å². The van der Waals surface area contributed by atoms with Gasteiger partial charge in [-0.2, -0.15) is 12.7 Å². The zero-order valence-corrected chi connectivity index (χ0v) is 12.3. The molecule has 1 fully saturated rings. The molecule has 2 atom stereocenters. The summed E-state index contributed by atoms with van der Waals surface area (Å²) in [5.41, 5.74) is 0. The highest BCUT2D eigenvalue weighted by Gasteiger charge is 2.30. The summed E-state index contributed by atoms with van der Waals surface area (Å²) in [7, 11) is -3.36. The van der Waals surface area contributed by atoms with E-state index in [1.54, 1.807) is 0 Å². The highest BCUT2D eigenvalue weighted by Crippen LogP contribution is 2.13. The van der Waals surface area contributed by atoms with Gasteiger partial charge in [-0.15, -0.1) is 0 Å². The first-order valence-electron chi connectivity index (χ1n) is 6.56. The fourth-order valence-electron chi connectivity index (χ4n) is 2.01. The first-order valence-corrected chi connectivity index (χ1v) is 8.00. The van der Waals surface area contributed by atoms with Gasteiger partial charge in [0.2, 0.25) is 0 Å². The van der Waals surface area contributed by atoms with Crippen LogP contribution in [-0.2, 0) is 14.9 Å². The van der Waals surface area contributed by atoms with Gasteiger partial charge in [0.25, 0.3) is 10.2 Å². The third-order valence-corrected chi connectivity index (χ3v) is 4.34. The summed E-state index contributed by atoms with van der Waals surface area (Å²) in [5.74, 6) is 0. The van der Waals surface area contributed by atoms with Gasteiger partial charge in [0.15, 0.2) is 0 Å². The van der Waals surface area contributed by atoms with Crippen LogP contribution in [0.4, 0.5) is 0 Å². The van der Waals surface area contributed by atoms with Gasteiger partial charge in [-0.1, -0.05) is 6.92 Å². The minimum Gasteiger partial charge on any atom is -0.373 e. The van der Waals surface area contributed by atoms with E-state index in [2.05, 4.69) is 10.0 Å². The Hall–Kier alpha value is -0.210. The molecule has 1 saturated heterocycles. The molecule has 0 saturated carbocycles. The minimum absolute atomic E-state index is 0.0490. The van der Waals surface area contributed by atoms with E-state index in [1.165, 1.54) is 4.31 Å². The summed E-state index contributed by atoms with van der Waals surface area (Å²) in [5, 5.41) is 3.16. The quantitative estimate of drug-likeness (QED) is 0.640.